The fraction of sp³-hybridized carbons (Fsp3) is 0.643. The maximum absolute atomic E-state index is 11.6. The van der Waals surface area contributed by atoms with E-state index < -0.39 is 6.04 Å². The Hall–Kier alpha value is -1.89. The van der Waals surface area contributed by atoms with Gasteiger partial charge in [-0.15, -0.1) is 0 Å². The number of hydrogen-bond acceptors (Lipinski definition) is 4. The molecule has 1 aromatic rings. The van der Waals surface area contributed by atoms with E-state index in [1.165, 1.54) is 0 Å². The summed E-state index contributed by atoms with van der Waals surface area (Å²) in [4.78, 5) is 27.1. The van der Waals surface area contributed by atoms with Gasteiger partial charge < -0.3 is 20.9 Å². The van der Waals surface area contributed by atoms with Crippen molar-refractivity contribution in [2.75, 3.05) is 13.1 Å². The lowest BCUT2D eigenvalue weighted by Gasteiger charge is -2.15. The van der Waals surface area contributed by atoms with Crippen LogP contribution in [0.3, 0.4) is 0 Å². The minimum atomic E-state index is -0.576. The van der Waals surface area contributed by atoms with E-state index in [4.69, 9.17) is 5.73 Å². The lowest BCUT2D eigenvalue weighted by atomic mass is 10.1. The van der Waals surface area contributed by atoms with Gasteiger partial charge in [0.15, 0.2) is 0 Å². The van der Waals surface area contributed by atoms with Crippen molar-refractivity contribution >= 4 is 11.8 Å². The van der Waals surface area contributed by atoms with Crippen molar-refractivity contribution in [2.45, 2.75) is 39.3 Å². The van der Waals surface area contributed by atoms with Crippen molar-refractivity contribution in [3.63, 3.8) is 0 Å². The van der Waals surface area contributed by atoms with Gasteiger partial charge in [0, 0.05) is 25.5 Å². The molecule has 0 aliphatic rings. The number of imidazole rings is 1. The van der Waals surface area contributed by atoms with Gasteiger partial charge in [0.1, 0.15) is 0 Å². The molecule has 0 unspecified atom stereocenters. The Morgan fingerprint density at radius 1 is 1.29 bits per heavy atom. The summed E-state index contributed by atoms with van der Waals surface area (Å²) in [6, 6.07) is -0.576. The molecule has 0 aromatic carbocycles. The molecule has 1 aromatic heterocycles. The molecule has 1 atom stereocenters. The zero-order chi connectivity index (χ0) is 15.7. The summed E-state index contributed by atoms with van der Waals surface area (Å²) in [7, 11) is 0. The Labute approximate surface area is 125 Å². The second-order valence-electron chi connectivity index (χ2n) is 5.35. The van der Waals surface area contributed by atoms with E-state index in [0.717, 1.165) is 19.4 Å². The van der Waals surface area contributed by atoms with Crippen LogP contribution in [-0.2, 0) is 16.1 Å². The number of amides is 2. The third-order valence-corrected chi connectivity index (χ3v) is 3.17. The molecule has 0 saturated carbocycles. The molecule has 7 nitrogen and oxygen atoms in total. The summed E-state index contributed by atoms with van der Waals surface area (Å²) in [5.41, 5.74) is 5.68. The first-order chi connectivity index (χ1) is 10.0. The van der Waals surface area contributed by atoms with Crippen molar-refractivity contribution in [2.24, 2.45) is 11.7 Å². The Morgan fingerprint density at radius 2 is 2.05 bits per heavy atom. The van der Waals surface area contributed by atoms with E-state index in [2.05, 4.69) is 15.6 Å². The van der Waals surface area contributed by atoms with Crippen LogP contribution in [0.4, 0.5) is 0 Å². The number of nitrogens with zero attached hydrogens (tertiary/aromatic N) is 2. The van der Waals surface area contributed by atoms with Gasteiger partial charge in [-0.3, -0.25) is 9.59 Å². The summed E-state index contributed by atoms with van der Waals surface area (Å²) in [5, 5.41) is 5.31. The average Bonchev–Trinajstić information content (AvgIpc) is 2.96. The van der Waals surface area contributed by atoms with Crippen molar-refractivity contribution < 1.29 is 9.59 Å². The largest absolute Gasteiger partial charge is 0.355 e. The molecule has 0 spiro atoms. The van der Waals surface area contributed by atoms with Gasteiger partial charge in [-0.25, -0.2) is 4.98 Å². The first kappa shape index (κ1) is 17.2. The number of aryl methyl sites for hydroxylation is 1. The highest BCUT2D eigenvalue weighted by atomic mass is 16.2. The van der Waals surface area contributed by atoms with Crippen LogP contribution in [0.25, 0.3) is 0 Å². The SMILES string of the molecule is CC(C)[C@H](N)C(=O)NCC(=O)NCCCCn1ccnc1. The number of unbranched alkanes of at least 4 members (excludes halogenated alkanes) is 1. The number of hydrogen-bond donors (Lipinski definition) is 3. The quantitative estimate of drug-likeness (QED) is 0.553. The van der Waals surface area contributed by atoms with Crippen LogP contribution in [0, 0.1) is 5.92 Å². The zero-order valence-corrected chi connectivity index (χ0v) is 12.7. The van der Waals surface area contributed by atoms with Crippen molar-refractivity contribution in [3.8, 4) is 0 Å². The summed E-state index contributed by atoms with van der Waals surface area (Å²) in [6.07, 6.45) is 7.26. The molecule has 4 N–H and O–H groups in total. The van der Waals surface area contributed by atoms with Crippen LogP contribution in [0.1, 0.15) is 26.7 Å². The third kappa shape index (κ3) is 6.89. The number of rotatable bonds is 9. The minimum absolute atomic E-state index is 0.0270. The predicted octanol–water partition coefficient (Wildman–Crippen LogP) is -0.121. The third-order valence-electron chi connectivity index (χ3n) is 3.17. The van der Waals surface area contributed by atoms with Crippen LogP contribution in [0.15, 0.2) is 18.7 Å². The summed E-state index contributed by atoms with van der Waals surface area (Å²) in [6.45, 7) is 5.19. The molecule has 1 heterocycles. The smallest absolute Gasteiger partial charge is 0.239 e. The first-order valence-electron chi connectivity index (χ1n) is 7.26. The molecular formula is C14H25N5O2. The zero-order valence-electron chi connectivity index (χ0n) is 12.7. The molecular weight excluding hydrogens is 270 g/mol. The second-order valence-corrected chi connectivity index (χ2v) is 5.35. The van der Waals surface area contributed by atoms with Crippen LogP contribution in [0.5, 0.6) is 0 Å². The molecule has 0 fully saturated rings. The molecule has 0 aliphatic carbocycles. The highest BCUT2D eigenvalue weighted by molar-refractivity contribution is 5.87. The van der Waals surface area contributed by atoms with Crippen LogP contribution in [0.2, 0.25) is 0 Å². The second kappa shape index (κ2) is 9.12. The van der Waals surface area contributed by atoms with E-state index in [0.29, 0.717) is 6.54 Å². The standard InChI is InChI=1S/C14H25N5O2/c1-11(2)13(15)14(21)18-9-12(20)17-5-3-4-7-19-8-6-16-10-19/h6,8,10-11,13H,3-5,7,9,15H2,1-2H3,(H,17,20)(H,18,21)/t13-/m0/s1. The first-order valence-corrected chi connectivity index (χ1v) is 7.26. The monoisotopic (exact) mass is 295 g/mol. The summed E-state index contributed by atoms with van der Waals surface area (Å²) < 4.78 is 2.00. The van der Waals surface area contributed by atoms with Gasteiger partial charge >= 0.3 is 0 Å². The van der Waals surface area contributed by atoms with Gasteiger partial charge in [-0.2, -0.15) is 0 Å². The molecule has 0 saturated heterocycles. The maximum Gasteiger partial charge on any atom is 0.239 e. The van der Waals surface area contributed by atoms with E-state index in [1.54, 1.807) is 12.5 Å². The van der Waals surface area contributed by atoms with Gasteiger partial charge in [0.05, 0.1) is 18.9 Å². The Bertz CT molecular complexity index is 431. The van der Waals surface area contributed by atoms with Gasteiger partial charge in [0.2, 0.25) is 11.8 Å². The Morgan fingerprint density at radius 3 is 2.67 bits per heavy atom. The van der Waals surface area contributed by atoms with Crippen molar-refractivity contribution in [1.29, 1.82) is 0 Å². The summed E-state index contributed by atoms with van der Waals surface area (Å²) in [5.74, 6) is -0.432. The van der Waals surface area contributed by atoms with Crippen LogP contribution in [-0.4, -0.2) is 40.5 Å². The minimum Gasteiger partial charge on any atom is -0.355 e. The normalized spacial score (nSPS) is 12.2. The maximum atomic E-state index is 11.6. The van der Waals surface area contributed by atoms with Crippen molar-refractivity contribution in [3.05, 3.63) is 18.7 Å². The fourth-order valence-corrected chi connectivity index (χ4v) is 1.72. The van der Waals surface area contributed by atoms with Gasteiger partial charge in [-0.05, 0) is 18.8 Å². The van der Waals surface area contributed by atoms with Gasteiger partial charge in [0.25, 0.3) is 0 Å². The van der Waals surface area contributed by atoms with E-state index in [1.807, 2.05) is 24.6 Å². The van der Waals surface area contributed by atoms with Gasteiger partial charge in [-0.1, -0.05) is 13.8 Å². The summed E-state index contributed by atoms with van der Waals surface area (Å²) >= 11 is 0. The topological polar surface area (TPSA) is 102 Å². The van der Waals surface area contributed by atoms with Crippen LogP contribution < -0.4 is 16.4 Å². The van der Waals surface area contributed by atoms with E-state index in [9.17, 15) is 9.59 Å². The lowest BCUT2D eigenvalue weighted by Crippen LogP contribution is -2.47. The Kier molecular flexibility index (Phi) is 7.45. The molecule has 7 heteroatoms. The Balaban J connectivity index is 2.04. The van der Waals surface area contributed by atoms with E-state index >= 15 is 0 Å². The molecule has 118 valence electrons. The average molecular weight is 295 g/mol. The van der Waals surface area contributed by atoms with E-state index in [-0.39, 0.29) is 24.3 Å². The van der Waals surface area contributed by atoms with Crippen molar-refractivity contribution in [1.82, 2.24) is 20.2 Å². The molecule has 2 amide bonds. The molecule has 0 aliphatic heterocycles. The number of carbonyl (C=O) groups excluding carboxylic acids is 2. The van der Waals surface area contributed by atoms with Crippen LogP contribution >= 0.6 is 0 Å². The number of aromatic nitrogens is 2. The molecule has 21 heavy (non-hydrogen) atoms. The number of nitrogens with one attached hydrogen (secondary N) is 2. The fourth-order valence-electron chi connectivity index (χ4n) is 1.72. The molecule has 0 bridgehead atoms. The number of nitrogens with two attached hydrogens (primary N) is 1. The molecule has 1 rings (SSSR count). The lowest BCUT2D eigenvalue weighted by molar-refractivity contribution is -0.127. The predicted molar refractivity (Wildman–Crippen MR) is 80.3 cm³/mol. The highest BCUT2D eigenvalue weighted by Gasteiger charge is 2.17. The molecule has 0 radical (unpaired) electrons. The highest BCUT2D eigenvalue weighted by Crippen LogP contribution is 1.97. The number of carbonyl (C=O) groups is 2.